The summed E-state index contributed by atoms with van der Waals surface area (Å²) < 4.78 is 5.12. The number of carbonyl (C=O) groups is 1. The van der Waals surface area contributed by atoms with Crippen LogP contribution in [0.25, 0.3) is 10.9 Å². The molecule has 4 nitrogen and oxygen atoms in total. The number of Topliss-reactive ketones (excluding diaryl/α,β-unsaturated/α-hetero) is 1. The average molecular weight is 324 g/mol. The lowest BCUT2D eigenvalue weighted by atomic mass is 10.1. The van der Waals surface area contributed by atoms with Crippen molar-refractivity contribution in [2.75, 3.05) is 7.11 Å². The number of rotatable bonds is 5. The number of carbonyl (C=O) groups excluding carboxylic acids is 1. The quantitative estimate of drug-likeness (QED) is 0.403. The summed E-state index contributed by atoms with van der Waals surface area (Å²) >= 11 is 1.45. The van der Waals surface area contributed by atoms with E-state index < -0.39 is 0 Å². The van der Waals surface area contributed by atoms with Crippen LogP contribution in [0.1, 0.15) is 17.3 Å². The second kappa shape index (κ2) is 6.79. The molecule has 0 aliphatic rings. The zero-order chi connectivity index (χ0) is 16.2. The highest BCUT2D eigenvalue weighted by Gasteiger charge is 2.18. The molecule has 3 aromatic rings. The average Bonchev–Trinajstić information content (AvgIpc) is 2.61. The van der Waals surface area contributed by atoms with Crippen LogP contribution in [0.15, 0.2) is 59.9 Å². The molecule has 0 radical (unpaired) electrons. The van der Waals surface area contributed by atoms with E-state index in [4.69, 9.17) is 4.74 Å². The van der Waals surface area contributed by atoms with Crippen LogP contribution in [0, 0.1) is 0 Å². The third kappa shape index (κ3) is 3.35. The molecule has 0 saturated carbocycles. The number of thioether (sulfide) groups is 1. The van der Waals surface area contributed by atoms with Crippen LogP contribution in [0.3, 0.4) is 0 Å². The van der Waals surface area contributed by atoms with Gasteiger partial charge in [0, 0.05) is 10.9 Å². The van der Waals surface area contributed by atoms with Crippen molar-refractivity contribution in [1.82, 2.24) is 9.97 Å². The molecule has 1 atom stereocenters. The molecule has 0 fully saturated rings. The normalized spacial score (nSPS) is 12.1. The fraction of sp³-hybridized carbons (Fsp3) is 0.167. The predicted molar refractivity (Wildman–Crippen MR) is 92.2 cm³/mol. The van der Waals surface area contributed by atoms with Crippen LogP contribution in [0.5, 0.6) is 5.75 Å². The number of methoxy groups -OCH3 is 1. The molecule has 5 heteroatoms. The highest BCUT2D eigenvalue weighted by molar-refractivity contribution is 8.00. The molecule has 0 saturated heterocycles. The number of benzene rings is 2. The number of para-hydroxylation sites is 1. The molecule has 0 spiro atoms. The number of hydrogen-bond donors (Lipinski definition) is 0. The summed E-state index contributed by atoms with van der Waals surface area (Å²) in [7, 11) is 1.61. The topological polar surface area (TPSA) is 52.1 Å². The maximum absolute atomic E-state index is 12.6. The number of ketones is 1. The van der Waals surface area contributed by atoms with Gasteiger partial charge in [0.25, 0.3) is 0 Å². The Labute approximate surface area is 138 Å². The molecule has 1 aromatic heterocycles. The van der Waals surface area contributed by atoms with Gasteiger partial charge in [0.05, 0.1) is 17.9 Å². The highest BCUT2D eigenvalue weighted by Crippen LogP contribution is 2.29. The van der Waals surface area contributed by atoms with Gasteiger partial charge in [-0.3, -0.25) is 4.79 Å². The third-order valence-corrected chi connectivity index (χ3v) is 4.65. The van der Waals surface area contributed by atoms with E-state index >= 15 is 0 Å². The monoisotopic (exact) mass is 324 g/mol. The van der Waals surface area contributed by atoms with Crippen LogP contribution in [0.4, 0.5) is 0 Å². The van der Waals surface area contributed by atoms with Crippen molar-refractivity contribution in [3.8, 4) is 5.75 Å². The summed E-state index contributed by atoms with van der Waals surface area (Å²) in [6.45, 7) is 1.90. The van der Waals surface area contributed by atoms with Gasteiger partial charge in [-0.15, -0.1) is 0 Å². The smallest absolute Gasteiger partial charge is 0.175 e. The summed E-state index contributed by atoms with van der Waals surface area (Å²) in [4.78, 5) is 21.2. The summed E-state index contributed by atoms with van der Waals surface area (Å²) in [5.74, 6) is 0.809. The molecule has 0 N–H and O–H groups in total. The third-order valence-electron chi connectivity index (χ3n) is 3.54. The van der Waals surface area contributed by atoms with E-state index in [2.05, 4.69) is 9.97 Å². The molecule has 0 bridgehead atoms. The van der Waals surface area contributed by atoms with Crippen molar-refractivity contribution in [1.29, 1.82) is 0 Å². The second-order valence-electron chi connectivity index (χ2n) is 5.05. The maximum Gasteiger partial charge on any atom is 0.175 e. The van der Waals surface area contributed by atoms with Gasteiger partial charge in [-0.25, -0.2) is 9.97 Å². The maximum atomic E-state index is 12.6. The minimum Gasteiger partial charge on any atom is -0.497 e. The van der Waals surface area contributed by atoms with Crippen molar-refractivity contribution in [3.63, 3.8) is 0 Å². The number of nitrogens with zero attached hydrogens (tertiary/aromatic N) is 2. The molecule has 3 rings (SSSR count). The van der Waals surface area contributed by atoms with Gasteiger partial charge in [0.1, 0.15) is 17.1 Å². The largest absolute Gasteiger partial charge is 0.497 e. The zero-order valence-corrected chi connectivity index (χ0v) is 13.7. The lowest BCUT2D eigenvalue weighted by Crippen LogP contribution is -2.13. The molecule has 23 heavy (non-hydrogen) atoms. The first kappa shape index (κ1) is 15.5. The first-order valence-electron chi connectivity index (χ1n) is 7.23. The van der Waals surface area contributed by atoms with Crippen LogP contribution in [-0.4, -0.2) is 28.1 Å². The fourth-order valence-corrected chi connectivity index (χ4v) is 3.27. The Kier molecular flexibility index (Phi) is 4.57. The first-order valence-corrected chi connectivity index (χ1v) is 8.11. The lowest BCUT2D eigenvalue weighted by molar-refractivity contribution is 0.0994. The van der Waals surface area contributed by atoms with Gasteiger partial charge < -0.3 is 4.74 Å². The van der Waals surface area contributed by atoms with E-state index in [0.29, 0.717) is 5.56 Å². The molecule has 0 aliphatic carbocycles. The minimum atomic E-state index is -0.235. The molecular formula is C18H16N2O2S. The molecular weight excluding hydrogens is 308 g/mol. The highest BCUT2D eigenvalue weighted by atomic mass is 32.2. The van der Waals surface area contributed by atoms with Gasteiger partial charge in [-0.2, -0.15) is 0 Å². The van der Waals surface area contributed by atoms with E-state index in [1.54, 1.807) is 31.4 Å². The Morgan fingerprint density at radius 1 is 1.09 bits per heavy atom. The van der Waals surface area contributed by atoms with Gasteiger partial charge >= 0.3 is 0 Å². The summed E-state index contributed by atoms with van der Waals surface area (Å²) in [6, 6.07) is 15.0. The minimum absolute atomic E-state index is 0.0698. The lowest BCUT2D eigenvalue weighted by Gasteiger charge is -2.11. The van der Waals surface area contributed by atoms with Crippen LogP contribution >= 0.6 is 11.8 Å². The molecule has 0 amide bonds. The zero-order valence-electron chi connectivity index (χ0n) is 12.9. The Morgan fingerprint density at radius 2 is 1.83 bits per heavy atom. The Balaban J connectivity index is 1.82. The fourth-order valence-electron chi connectivity index (χ4n) is 2.28. The van der Waals surface area contributed by atoms with E-state index in [9.17, 15) is 4.79 Å². The van der Waals surface area contributed by atoms with Crippen LogP contribution < -0.4 is 4.74 Å². The molecule has 116 valence electrons. The van der Waals surface area contributed by atoms with Gasteiger partial charge in [0.2, 0.25) is 0 Å². The molecule has 1 heterocycles. The standard InChI is InChI=1S/C18H16N2O2S/c1-12(17(21)13-7-9-14(22-2)10-8-13)23-18-15-5-3-4-6-16(15)19-11-20-18/h3-12H,1-2H3/t12-/m1/s1. The number of aromatic nitrogens is 2. The van der Waals surface area contributed by atoms with E-state index in [1.165, 1.54) is 18.1 Å². The second-order valence-corrected chi connectivity index (χ2v) is 6.38. The number of hydrogen-bond acceptors (Lipinski definition) is 5. The van der Waals surface area contributed by atoms with Crippen molar-refractivity contribution >= 4 is 28.4 Å². The first-order chi connectivity index (χ1) is 11.2. The Morgan fingerprint density at radius 3 is 2.57 bits per heavy atom. The predicted octanol–water partition coefficient (Wildman–Crippen LogP) is 4.00. The van der Waals surface area contributed by atoms with Crippen molar-refractivity contribution in [2.45, 2.75) is 17.2 Å². The molecule has 0 unspecified atom stereocenters. The Bertz CT molecular complexity index is 829. The SMILES string of the molecule is COc1ccc(C(=O)[C@@H](C)Sc2ncnc3ccccc23)cc1. The van der Waals surface area contributed by atoms with Crippen LogP contribution in [-0.2, 0) is 0 Å². The summed E-state index contributed by atoms with van der Waals surface area (Å²) in [6.07, 6.45) is 1.54. The number of ether oxygens (including phenoxy) is 1. The summed E-state index contributed by atoms with van der Waals surface area (Å²) in [5, 5.41) is 1.56. The van der Waals surface area contributed by atoms with E-state index in [1.807, 2.05) is 31.2 Å². The van der Waals surface area contributed by atoms with Gasteiger partial charge in [-0.05, 0) is 37.3 Å². The molecule has 0 aliphatic heterocycles. The van der Waals surface area contributed by atoms with Gasteiger partial charge in [0.15, 0.2) is 5.78 Å². The Hall–Kier alpha value is -2.40. The van der Waals surface area contributed by atoms with Crippen molar-refractivity contribution < 1.29 is 9.53 Å². The molecule has 2 aromatic carbocycles. The van der Waals surface area contributed by atoms with Crippen LogP contribution in [0.2, 0.25) is 0 Å². The van der Waals surface area contributed by atoms with E-state index in [-0.39, 0.29) is 11.0 Å². The number of fused-ring (bicyclic) bond motifs is 1. The van der Waals surface area contributed by atoms with Crippen molar-refractivity contribution in [2.24, 2.45) is 0 Å². The van der Waals surface area contributed by atoms with E-state index in [0.717, 1.165) is 21.7 Å². The summed E-state index contributed by atoms with van der Waals surface area (Å²) in [5.41, 5.74) is 1.55. The van der Waals surface area contributed by atoms with Crippen molar-refractivity contribution in [3.05, 3.63) is 60.4 Å². The van der Waals surface area contributed by atoms with Gasteiger partial charge in [-0.1, -0.05) is 30.0 Å².